The number of benzene rings is 1. The highest BCUT2D eigenvalue weighted by molar-refractivity contribution is 7.99. The van der Waals surface area contributed by atoms with E-state index in [9.17, 15) is 9.59 Å². The van der Waals surface area contributed by atoms with Gasteiger partial charge in [0, 0.05) is 42.3 Å². The molecule has 3 rings (SSSR count). The Bertz CT molecular complexity index is 1110. The third-order valence-electron chi connectivity index (χ3n) is 5.09. The second-order valence-electron chi connectivity index (χ2n) is 7.42. The van der Waals surface area contributed by atoms with E-state index in [1.54, 1.807) is 4.57 Å². The lowest BCUT2D eigenvalue weighted by atomic mass is 10.2. The fourth-order valence-corrected chi connectivity index (χ4v) is 5.25. The largest absolute Gasteiger partial charge is 0.353 e. The molecule has 0 saturated carbocycles. The van der Waals surface area contributed by atoms with Crippen molar-refractivity contribution in [3.8, 4) is 0 Å². The summed E-state index contributed by atoms with van der Waals surface area (Å²) in [7, 11) is 0. The molecule has 0 aliphatic carbocycles. The van der Waals surface area contributed by atoms with Gasteiger partial charge in [-0.1, -0.05) is 36.9 Å². The summed E-state index contributed by atoms with van der Waals surface area (Å²) in [5.41, 5.74) is 0.607. The van der Waals surface area contributed by atoms with Crippen LogP contribution < -0.4 is 10.9 Å². The predicted octanol–water partition coefficient (Wildman–Crippen LogP) is 4.41. The van der Waals surface area contributed by atoms with Crippen molar-refractivity contribution in [2.75, 3.05) is 19.0 Å². The van der Waals surface area contributed by atoms with Gasteiger partial charge in [-0.3, -0.25) is 14.2 Å². The van der Waals surface area contributed by atoms with Gasteiger partial charge in [0.2, 0.25) is 5.91 Å². The van der Waals surface area contributed by atoms with Crippen LogP contribution in [-0.4, -0.2) is 46.8 Å². The highest BCUT2D eigenvalue weighted by atomic mass is 32.2. The minimum absolute atomic E-state index is 0.0677. The molecule has 7 nitrogen and oxygen atoms in total. The Kier molecular flexibility index (Phi) is 9.10. The van der Waals surface area contributed by atoms with E-state index in [0.29, 0.717) is 41.6 Å². The van der Waals surface area contributed by atoms with Crippen LogP contribution in [0.1, 0.15) is 40.5 Å². The number of rotatable bonds is 12. The first-order valence-corrected chi connectivity index (χ1v) is 12.9. The molecule has 0 aliphatic rings. The van der Waals surface area contributed by atoms with Crippen LogP contribution in [0.15, 0.2) is 34.2 Å². The molecule has 0 unspecified atom stereocenters. The third-order valence-corrected chi connectivity index (χ3v) is 7.22. The fraction of sp³-hybridized carbons (Fsp3) is 0.522. The monoisotopic (exact) mass is 477 g/mol. The number of amides is 1. The zero-order valence-electron chi connectivity index (χ0n) is 19.1. The maximum absolute atomic E-state index is 13.5. The quantitative estimate of drug-likeness (QED) is 0.236. The van der Waals surface area contributed by atoms with Gasteiger partial charge < -0.3 is 14.8 Å². The van der Waals surface area contributed by atoms with Crippen LogP contribution in [-0.2, 0) is 20.8 Å². The van der Waals surface area contributed by atoms with Crippen LogP contribution in [0.25, 0.3) is 20.3 Å². The van der Waals surface area contributed by atoms with E-state index >= 15 is 0 Å². The summed E-state index contributed by atoms with van der Waals surface area (Å²) in [6.07, 6.45) is 0.996. The van der Waals surface area contributed by atoms with Gasteiger partial charge in [-0.25, -0.2) is 4.98 Å². The number of hydrogen-bond donors (Lipinski definition) is 1. The van der Waals surface area contributed by atoms with Crippen LogP contribution >= 0.6 is 23.1 Å². The number of nitrogens with zero attached hydrogens (tertiary/aromatic N) is 2. The molecule has 9 heteroatoms. The van der Waals surface area contributed by atoms with Crippen molar-refractivity contribution in [3.05, 3.63) is 34.6 Å². The fourth-order valence-electron chi connectivity index (χ4n) is 3.33. The molecule has 174 valence electrons. The topological polar surface area (TPSA) is 82.5 Å². The highest BCUT2D eigenvalue weighted by Gasteiger charge is 2.19. The number of thiophene rings is 1. The van der Waals surface area contributed by atoms with Gasteiger partial charge in [-0.2, -0.15) is 0 Å². The average Bonchev–Trinajstić information content (AvgIpc) is 3.16. The lowest BCUT2D eigenvalue weighted by Crippen LogP contribution is -2.33. The van der Waals surface area contributed by atoms with E-state index in [0.717, 1.165) is 16.5 Å². The van der Waals surface area contributed by atoms with Gasteiger partial charge in [0.1, 0.15) is 4.70 Å². The third kappa shape index (κ3) is 5.89. The van der Waals surface area contributed by atoms with Crippen molar-refractivity contribution >= 4 is 49.3 Å². The van der Waals surface area contributed by atoms with E-state index < -0.39 is 0 Å². The van der Waals surface area contributed by atoms with Crippen molar-refractivity contribution in [1.82, 2.24) is 14.9 Å². The Labute approximate surface area is 196 Å². The summed E-state index contributed by atoms with van der Waals surface area (Å²) in [6.45, 7) is 9.30. The van der Waals surface area contributed by atoms with Crippen molar-refractivity contribution in [1.29, 1.82) is 0 Å². The second-order valence-corrected chi connectivity index (χ2v) is 9.42. The Balaban J connectivity index is 1.95. The van der Waals surface area contributed by atoms with Crippen LogP contribution in [0.3, 0.4) is 0 Å². The lowest BCUT2D eigenvalue weighted by molar-refractivity contribution is -0.141. The molecule has 0 radical (unpaired) electrons. The Morgan fingerprint density at radius 2 is 1.94 bits per heavy atom. The molecule has 0 fully saturated rings. The molecule has 0 bridgehead atoms. The summed E-state index contributed by atoms with van der Waals surface area (Å²) >= 11 is 2.74. The van der Waals surface area contributed by atoms with Crippen LogP contribution in [0.2, 0.25) is 0 Å². The molecule has 32 heavy (non-hydrogen) atoms. The molecule has 2 heterocycles. The van der Waals surface area contributed by atoms with Crippen LogP contribution in [0, 0.1) is 0 Å². The van der Waals surface area contributed by atoms with Gasteiger partial charge in [-0.05, 0) is 33.3 Å². The zero-order chi connectivity index (χ0) is 23.1. The van der Waals surface area contributed by atoms with E-state index in [1.165, 1.54) is 23.1 Å². The first-order valence-electron chi connectivity index (χ1n) is 11.1. The molecule has 1 N–H and O–H groups in total. The number of aromatic nitrogens is 2. The molecule has 1 amide bonds. The number of carbonyl (C=O) groups is 1. The van der Waals surface area contributed by atoms with Gasteiger partial charge >= 0.3 is 0 Å². The molecule has 2 aromatic heterocycles. The second kappa shape index (κ2) is 11.8. The number of hydrogen-bond acceptors (Lipinski definition) is 7. The SMILES string of the molecule is CCOC(CCn1c(SCC(=O)N[C@@H](C)CC)nc2c(sc3ccccc32)c1=O)OCC. The summed E-state index contributed by atoms with van der Waals surface area (Å²) < 4.78 is 14.6. The molecular weight excluding hydrogens is 446 g/mol. The molecule has 0 aliphatic heterocycles. The van der Waals surface area contributed by atoms with Crippen molar-refractivity contribution in [2.45, 2.75) is 64.6 Å². The van der Waals surface area contributed by atoms with E-state index in [4.69, 9.17) is 14.5 Å². The number of ether oxygens (including phenoxy) is 2. The van der Waals surface area contributed by atoms with E-state index in [2.05, 4.69) is 5.32 Å². The van der Waals surface area contributed by atoms with E-state index in [-0.39, 0.29) is 29.6 Å². The van der Waals surface area contributed by atoms with Gasteiger partial charge in [0.25, 0.3) is 5.56 Å². The molecule has 0 spiro atoms. The Hall–Kier alpha value is -1.94. The number of fused-ring (bicyclic) bond motifs is 3. The summed E-state index contributed by atoms with van der Waals surface area (Å²) in [5.74, 6) is 0.131. The van der Waals surface area contributed by atoms with Crippen molar-refractivity contribution in [3.63, 3.8) is 0 Å². The average molecular weight is 478 g/mol. The molecule has 3 aromatic rings. The van der Waals surface area contributed by atoms with E-state index in [1.807, 2.05) is 52.0 Å². The van der Waals surface area contributed by atoms with Crippen molar-refractivity contribution < 1.29 is 14.3 Å². The molecule has 1 aromatic carbocycles. The van der Waals surface area contributed by atoms with Gasteiger partial charge in [-0.15, -0.1) is 11.3 Å². The van der Waals surface area contributed by atoms with Crippen molar-refractivity contribution in [2.24, 2.45) is 0 Å². The maximum atomic E-state index is 13.5. The first kappa shape index (κ1) is 24.7. The highest BCUT2D eigenvalue weighted by Crippen LogP contribution is 2.31. The molecular formula is C23H31N3O4S2. The summed E-state index contributed by atoms with van der Waals surface area (Å²) in [4.78, 5) is 30.7. The first-order chi connectivity index (χ1) is 15.5. The summed E-state index contributed by atoms with van der Waals surface area (Å²) in [6, 6.07) is 8.00. The maximum Gasteiger partial charge on any atom is 0.272 e. The molecule has 0 saturated heterocycles. The van der Waals surface area contributed by atoms with Crippen LogP contribution in [0.5, 0.6) is 0 Å². The lowest BCUT2D eigenvalue weighted by Gasteiger charge is -2.18. The number of carbonyl (C=O) groups excluding carboxylic acids is 1. The standard InChI is InChI=1S/C23H31N3O4S2/c1-5-15(4)24-18(27)14-31-23-25-20-16-10-8-9-11-17(16)32-21(20)22(28)26(23)13-12-19(29-6-2)30-7-3/h8-11,15,19H,5-7,12-14H2,1-4H3,(H,24,27)/t15-/m0/s1. The Morgan fingerprint density at radius 1 is 1.22 bits per heavy atom. The molecule has 1 atom stereocenters. The normalized spacial score (nSPS) is 12.7. The minimum atomic E-state index is -0.387. The number of nitrogens with one attached hydrogen (secondary N) is 1. The smallest absolute Gasteiger partial charge is 0.272 e. The zero-order valence-corrected chi connectivity index (χ0v) is 20.7. The minimum Gasteiger partial charge on any atom is -0.353 e. The predicted molar refractivity (Wildman–Crippen MR) is 132 cm³/mol. The van der Waals surface area contributed by atoms with Gasteiger partial charge in [0.05, 0.1) is 11.3 Å². The number of thioether (sulfide) groups is 1. The van der Waals surface area contributed by atoms with Gasteiger partial charge in [0.15, 0.2) is 11.4 Å². The Morgan fingerprint density at radius 3 is 2.62 bits per heavy atom. The van der Waals surface area contributed by atoms with Crippen LogP contribution in [0.4, 0.5) is 0 Å². The summed E-state index contributed by atoms with van der Waals surface area (Å²) in [5, 5.41) is 4.47.